The highest BCUT2D eigenvalue weighted by atomic mass is 35.5. The maximum absolute atomic E-state index is 16.2. The van der Waals surface area contributed by atoms with Gasteiger partial charge in [-0.15, -0.1) is 0 Å². The van der Waals surface area contributed by atoms with Crippen LogP contribution in [0.5, 0.6) is 0 Å². The van der Waals surface area contributed by atoms with Crippen molar-refractivity contribution >= 4 is 29.1 Å². The van der Waals surface area contributed by atoms with Gasteiger partial charge in [-0.25, -0.2) is 4.39 Å². The summed E-state index contributed by atoms with van der Waals surface area (Å²) in [7, 11) is 1.26. The van der Waals surface area contributed by atoms with Crippen LogP contribution in [0.25, 0.3) is 0 Å². The number of hydrogen-bond acceptors (Lipinski definition) is 2. The summed E-state index contributed by atoms with van der Waals surface area (Å²) in [6, 6.07) is 4.49. The van der Waals surface area contributed by atoms with Gasteiger partial charge in [0.05, 0.1) is 17.2 Å². The number of nitrogens with zero attached hydrogens (tertiary/aromatic N) is 1. The molecule has 3 rings (SSSR count). The van der Waals surface area contributed by atoms with Gasteiger partial charge in [0.2, 0.25) is 5.91 Å². The minimum atomic E-state index is -5.02. The van der Waals surface area contributed by atoms with Gasteiger partial charge in [0.15, 0.2) is 0 Å². The maximum atomic E-state index is 16.2. The molecule has 1 fully saturated rings. The number of rotatable bonds is 6. The van der Waals surface area contributed by atoms with Crippen LogP contribution in [0.4, 0.5) is 30.7 Å². The molecule has 2 aromatic rings. The zero-order chi connectivity index (χ0) is 27.8. The molecule has 1 heterocycles. The molecule has 0 spiro atoms. The Kier molecular flexibility index (Phi) is 8.76. The fraction of sp³-hybridized carbons (Fsp3) is 0.480. The van der Waals surface area contributed by atoms with Crippen molar-refractivity contribution < 1.29 is 35.5 Å². The van der Waals surface area contributed by atoms with Crippen molar-refractivity contribution in [2.24, 2.45) is 0 Å². The smallest absolute Gasteiger partial charge is 0.339 e. The highest BCUT2D eigenvalue weighted by Gasteiger charge is 2.44. The van der Waals surface area contributed by atoms with E-state index in [2.05, 4.69) is 5.32 Å². The fourth-order valence-electron chi connectivity index (χ4n) is 4.52. The fourth-order valence-corrected chi connectivity index (χ4v) is 5.07. The van der Waals surface area contributed by atoms with Crippen molar-refractivity contribution in [2.45, 2.75) is 56.2 Å². The van der Waals surface area contributed by atoms with Gasteiger partial charge in [-0.05, 0) is 74.3 Å². The molecule has 204 valence electrons. The minimum absolute atomic E-state index is 0.0283. The second kappa shape index (κ2) is 11.0. The Morgan fingerprint density at radius 1 is 1.00 bits per heavy atom. The summed E-state index contributed by atoms with van der Waals surface area (Å²) in [4.78, 5) is 14.3. The van der Waals surface area contributed by atoms with E-state index >= 15 is 4.39 Å². The van der Waals surface area contributed by atoms with Crippen LogP contribution in [-0.4, -0.2) is 36.6 Å². The van der Waals surface area contributed by atoms with Gasteiger partial charge >= 0.3 is 12.4 Å². The Balaban J connectivity index is 1.95. The summed E-state index contributed by atoms with van der Waals surface area (Å²) in [5.41, 5.74) is -4.78. The number of benzene rings is 2. The molecule has 1 N–H and O–H groups in total. The van der Waals surface area contributed by atoms with Crippen LogP contribution in [0.3, 0.4) is 0 Å². The molecule has 37 heavy (non-hydrogen) atoms. The number of piperidine rings is 1. The molecule has 2 atom stereocenters. The molecule has 0 aromatic heterocycles. The number of carbonyl (C=O) groups is 1. The molecule has 0 radical (unpaired) electrons. The summed E-state index contributed by atoms with van der Waals surface area (Å²) >= 11 is 12.3. The van der Waals surface area contributed by atoms with Gasteiger partial charge in [0.25, 0.3) is 0 Å². The Morgan fingerprint density at radius 2 is 1.54 bits per heavy atom. The van der Waals surface area contributed by atoms with Gasteiger partial charge in [0.1, 0.15) is 5.67 Å². The van der Waals surface area contributed by atoms with Gasteiger partial charge in [0, 0.05) is 29.4 Å². The van der Waals surface area contributed by atoms with E-state index in [1.54, 1.807) is 0 Å². The van der Waals surface area contributed by atoms with Gasteiger partial charge in [-0.1, -0.05) is 29.3 Å². The van der Waals surface area contributed by atoms with E-state index in [1.807, 2.05) is 0 Å². The normalized spacial score (nSPS) is 17.8. The first-order chi connectivity index (χ1) is 17.0. The summed E-state index contributed by atoms with van der Waals surface area (Å²) < 4.78 is 96.1. The molecular weight excluding hydrogens is 548 g/mol. The van der Waals surface area contributed by atoms with Crippen molar-refractivity contribution in [3.05, 3.63) is 68.7 Å². The molecule has 1 unspecified atom stereocenters. The van der Waals surface area contributed by atoms with Crippen LogP contribution in [-0.2, 0) is 17.1 Å². The van der Waals surface area contributed by atoms with Crippen molar-refractivity contribution in [3.63, 3.8) is 0 Å². The maximum Gasteiger partial charge on any atom is 0.416 e. The van der Waals surface area contributed by atoms with Crippen molar-refractivity contribution in [1.29, 1.82) is 0 Å². The molecule has 3 nitrogen and oxygen atoms in total. The second-order valence-electron chi connectivity index (χ2n) is 9.23. The predicted molar refractivity (Wildman–Crippen MR) is 127 cm³/mol. The lowest BCUT2D eigenvalue weighted by Gasteiger charge is -2.38. The number of amides is 1. The van der Waals surface area contributed by atoms with Gasteiger partial charge in [-0.3, -0.25) is 4.79 Å². The molecule has 0 saturated carbocycles. The first-order valence-corrected chi connectivity index (χ1v) is 12.2. The van der Waals surface area contributed by atoms with E-state index in [9.17, 15) is 31.1 Å². The third-order valence-corrected chi connectivity index (χ3v) is 7.41. The van der Waals surface area contributed by atoms with Crippen LogP contribution in [0.15, 0.2) is 36.4 Å². The number of nitrogens with one attached hydrogen (secondary N) is 1. The lowest BCUT2D eigenvalue weighted by molar-refractivity contribution is -0.143. The van der Waals surface area contributed by atoms with Crippen LogP contribution < -0.4 is 5.32 Å². The third-order valence-electron chi connectivity index (χ3n) is 6.84. The SMILES string of the molecule is C[C@H](c1cc(C(F)(F)F)cc(C(F)(F)F)c1)N(C)C(=O)CC(c1ccc(Cl)cc1Cl)C1(F)CCNCC1. The van der Waals surface area contributed by atoms with Crippen LogP contribution >= 0.6 is 23.2 Å². The van der Waals surface area contributed by atoms with Gasteiger partial charge in [-0.2, -0.15) is 26.3 Å². The van der Waals surface area contributed by atoms with Gasteiger partial charge < -0.3 is 10.2 Å². The van der Waals surface area contributed by atoms with E-state index in [0.29, 0.717) is 35.8 Å². The van der Waals surface area contributed by atoms with E-state index in [1.165, 1.54) is 32.2 Å². The first-order valence-electron chi connectivity index (χ1n) is 11.4. The van der Waals surface area contributed by atoms with E-state index in [4.69, 9.17) is 23.2 Å². The zero-order valence-electron chi connectivity index (χ0n) is 19.9. The van der Waals surface area contributed by atoms with Crippen molar-refractivity contribution in [3.8, 4) is 0 Å². The molecule has 12 heteroatoms. The summed E-state index contributed by atoms with van der Waals surface area (Å²) in [6.45, 7) is 2.04. The number of halogens is 9. The molecule has 0 bridgehead atoms. The predicted octanol–water partition coefficient (Wildman–Crippen LogP) is 7.82. The standard InChI is InChI=1S/C25H25Cl2F7N2O/c1-14(15-9-16(24(29,30)31)11-17(10-15)25(32,33)34)36(2)22(37)13-20(23(28)5-7-35-8-6-23)19-4-3-18(26)12-21(19)27/h3-4,9-12,14,20,35H,5-8,13H2,1-2H3/t14-,20?/m1/s1. The Morgan fingerprint density at radius 3 is 2.03 bits per heavy atom. The lowest BCUT2D eigenvalue weighted by atomic mass is 9.75. The molecule has 1 saturated heterocycles. The molecule has 2 aromatic carbocycles. The van der Waals surface area contributed by atoms with E-state index in [0.717, 1.165) is 4.90 Å². The molecule has 0 aliphatic carbocycles. The Bertz CT molecular complexity index is 1100. The Labute approximate surface area is 219 Å². The van der Waals surface area contributed by atoms with Crippen molar-refractivity contribution in [2.75, 3.05) is 20.1 Å². The average molecular weight is 573 g/mol. The molecule has 1 aliphatic heterocycles. The second-order valence-corrected chi connectivity index (χ2v) is 10.1. The summed E-state index contributed by atoms with van der Waals surface area (Å²) in [5, 5.41) is 3.52. The first kappa shape index (κ1) is 29.5. The average Bonchev–Trinajstić information content (AvgIpc) is 2.81. The minimum Gasteiger partial charge on any atom is -0.339 e. The number of carbonyl (C=O) groups excluding carboxylic acids is 1. The van der Waals surface area contributed by atoms with Crippen LogP contribution in [0.1, 0.15) is 60.4 Å². The summed E-state index contributed by atoms with van der Waals surface area (Å²) in [6.07, 6.45) is -10.3. The highest BCUT2D eigenvalue weighted by molar-refractivity contribution is 6.35. The zero-order valence-corrected chi connectivity index (χ0v) is 21.4. The number of hydrogen-bond donors (Lipinski definition) is 1. The Hall–Kier alpha value is -2.04. The topological polar surface area (TPSA) is 32.3 Å². The van der Waals surface area contributed by atoms with Crippen LogP contribution in [0.2, 0.25) is 10.0 Å². The van der Waals surface area contributed by atoms with E-state index < -0.39 is 53.4 Å². The molecular formula is C25H25Cl2F7N2O. The largest absolute Gasteiger partial charge is 0.416 e. The van der Waals surface area contributed by atoms with E-state index in [-0.39, 0.29) is 29.5 Å². The third kappa shape index (κ3) is 6.89. The van der Waals surface area contributed by atoms with Crippen molar-refractivity contribution in [1.82, 2.24) is 10.2 Å². The monoisotopic (exact) mass is 572 g/mol. The number of alkyl halides is 7. The van der Waals surface area contributed by atoms with Crippen LogP contribution in [0, 0.1) is 0 Å². The highest BCUT2D eigenvalue weighted by Crippen LogP contribution is 2.45. The molecule has 1 aliphatic rings. The molecule has 1 amide bonds. The summed E-state index contributed by atoms with van der Waals surface area (Å²) in [5.74, 6) is -1.67. The quantitative estimate of drug-likeness (QED) is 0.358. The lowest BCUT2D eigenvalue weighted by Crippen LogP contribution is -2.44.